The van der Waals surface area contributed by atoms with Gasteiger partial charge >= 0.3 is 5.97 Å². The van der Waals surface area contributed by atoms with Crippen molar-refractivity contribution >= 4 is 29.2 Å². The van der Waals surface area contributed by atoms with Gasteiger partial charge in [0.2, 0.25) is 0 Å². The van der Waals surface area contributed by atoms with E-state index in [2.05, 4.69) is 0 Å². The monoisotopic (exact) mass is 317 g/mol. The van der Waals surface area contributed by atoms with Crippen LogP contribution in [0.2, 0.25) is 10.0 Å². The number of nitriles is 1. The first-order valence-electron chi connectivity index (χ1n) is 6.13. The standard InChI is InChI=1S/C8H13NO3.C6H4Cl2/c9-6-7(2-1-5-10)3-4-8(11)12;7-5-3-1-2-4-6(5)8/h7,10H,1-5H2,(H,11,12);1-4H. The van der Waals surface area contributed by atoms with Crippen LogP contribution < -0.4 is 0 Å². The topological polar surface area (TPSA) is 81.3 Å². The number of hydrogen-bond donors (Lipinski definition) is 2. The summed E-state index contributed by atoms with van der Waals surface area (Å²) in [7, 11) is 0. The van der Waals surface area contributed by atoms with Gasteiger partial charge in [0.1, 0.15) is 0 Å². The first kappa shape index (κ1) is 18.7. The molecule has 0 amide bonds. The predicted molar refractivity (Wildman–Crippen MR) is 78.8 cm³/mol. The molecular formula is C14H17Cl2NO3. The summed E-state index contributed by atoms with van der Waals surface area (Å²) in [6, 6.07) is 9.21. The summed E-state index contributed by atoms with van der Waals surface area (Å²) in [4.78, 5) is 10.1. The van der Waals surface area contributed by atoms with Crippen LogP contribution in [0.1, 0.15) is 25.7 Å². The van der Waals surface area contributed by atoms with E-state index in [9.17, 15) is 4.79 Å². The molecule has 0 aliphatic carbocycles. The Morgan fingerprint density at radius 1 is 1.25 bits per heavy atom. The Morgan fingerprint density at radius 3 is 2.15 bits per heavy atom. The number of aliphatic hydroxyl groups is 1. The maximum absolute atomic E-state index is 10.1. The van der Waals surface area contributed by atoms with Gasteiger partial charge in [-0.15, -0.1) is 0 Å². The summed E-state index contributed by atoms with van der Waals surface area (Å²) in [5, 5.41) is 26.5. The second-order valence-electron chi connectivity index (χ2n) is 4.04. The molecule has 0 radical (unpaired) electrons. The molecule has 0 aliphatic rings. The van der Waals surface area contributed by atoms with E-state index in [-0.39, 0.29) is 18.9 Å². The highest BCUT2D eigenvalue weighted by molar-refractivity contribution is 6.41. The molecule has 20 heavy (non-hydrogen) atoms. The van der Waals surface area contributed by atoms with Gasteiger partial charge in [0.25, 0.3) is 0 Å². The molecule has 0 aromatic heterocycles. The lowest BCUT2D eigenvalue weighted by Crippen LogP contribution is -2.03. The highest BCUT2D eigenvalue weighted by Crippen LogP contribution is 2.19. The Balaban J connectivity index is 0.000000388. The molecule has 4 nitrogen and oxygen atoms in total. The summed E-state index contributed by atoms with van der Waals surface area (Å²) in [6.07, 6.45) is 1.56. The van der Waals surface area contributed by atoms with E-state index in [0.717, 1.165) is 0 Å². The minimum Gasteiger partial charge on any atom is -0.481 e. The number of carboxylic acid groups (broad SMARTS) is 1. The molecule has 2 N–H and O–H groups in total. The number of nitrogens with zero attached hydrogens (tertiary/aromatic N) is 1. The van der Waals surface area contributed by atoms with Crippen LogP contribution in [0.5, 0.6) is 0 Å². The Hall–Kier alpha value is -1.28. The van der Waals surface area contributed by atoms with Crippen LogP contribution in [0.15, 0.2) is 24.3 Å². The van der Waals surface area contributed by atoms with Crippen LogP contribution in [0.3, 0.4) is 0 Å². The van der Waals surface area contributed by atoms with Crippen molar-refractivity contribution in [3.63, 3.8) is 0 Å². The van der Waals surface area contributed by atoms with E-state index in [1.54, 1.807) is 12.1 Å². The molecule has 6 heteroatoms. The maximum atomic E-state index is 10.1. The van der Waals surface area contributed by atoms with Gasteiger partial charge in [-0.3, -0.25) is 4.79 Å². The number of hydrogen-bond acceptors (Lipinski definition) is 3. The van der Waals surface area contributed by atoms with Crippen LogP contribution in [0.25, 0.3) is 0 Å². The Labute approximate surface area is 128 Å². The second-order valence-corrected chi connectivity index (χ2v) is 4.85. The second kappa shape index (κ2) is 11.5. The SMILES string of the molecule is Clc1ccccc1Cl.N#CC(CCCO)CCC(=O)O. The first-order chi connectivity index (χ1) is 9.51. The van der Waals surface area contributed by atoms with E-state index in [4.69, 9.17) is 38.7 Å². The molecule has 0 spiro atoms. The lowest BCUT2D eigenvalue weighted by molar-refractivity contribution is -0.137. The Morgan fingerprint density at radius 2 is 1.80 bits per heavy atom. The molecule has 110 valence electrons. The van der Waals surface area contributed by atoms with E-state index < -0.39 is 5.97 Å². The van der Waals surface area contributed by atoms with Crippen molar-refractivity contribution in [2.75, 3.05) is 6.61 Å². The van der Waals surface area contributed by atoms with Gasteiger partial charge in [0, 0.05) is 18.9 Å². The molecule has 1 atom stereocenters. The largest absolute Gasteiger partial charge is 0.481 e. The molecule has 0 heterocycles. The number of halogens is 2. The maximum Gasteiger partial charge on any atom is 0.303 e. The van der Waals surface area contributed by atoms with E-state index in [1.165, 1.54) is 0 Å². The summed E-state index contributed by atoms with van der Waals surface area (Å²) < 4.78 is 0. The third-order valence-corrected chi connectivity index (χ3v) is 3.18. The number of benzene rings is 1. The normalized spacial score (nSPS) is 10.9. The van der Waals surface area contributed by atoms with Crippen molar-refractivity contribution in [1.82, 2.24) is 0 Å². The molecule has 1 aromatic carbocycles. The fraction of sp³-hybridized carbons (Fsp3) is 0.429. The van der Waals surface area contributed by atoms with Gasteiger partial charge in [-0.25, -0.2) is 0 Å². The van der Waals surface area contributed by atoms with Crippen molar-refractivity contribution in [2.45, 2.75) is 25.7 Å². The predicted octanol–water partition coefficient (Wildman–Crippen LogP) is 3.76. The molecular weight excluding hydrogens is 301 g/mol. The number of rotatable bonds is 6. The van der Waals surface area contributed by atoms with Crippen LogP contribution in [0.4, 0.5) is 0 Å². The van der Waals surface area contributed by atoms with Gasteiger partial charge in [-0.1, -0.05) is 35.3 Å². The quantitative estimate of drug-likeness (QED) is 0.837. The molecule has 1 rings (SSSR count). The highest BCUT2D eigenvalue weighted by atomic mass is 35.5. The zero-order chi connectivity index (χ0) is 15.4. The highest BCUT2D eigenvalue weighted by Gasteiger charge is 2.08. The van der Waals surface area contributed by atoms with E-state index >= 15 is 0 Å². The van der Waals surface area contributed by atoms with Crippen LogP contribution in [-0.4, -0.2) is 22.8 Å². The molecule has 1 unspecified atom stereocenters. The number of aliphatic carboxylic acids is 1. The minimum absolute atomic E-state index is 0.0314. The average Bonchev–Trinajstić information content (AvgIpc) is 2.43. The van der Waals surface area contributed by atoms with E-state index in [0.29, 0.717) is 29.3 Å². The first-order valence-corrected chi connectivity index (χ1v) is 6.89. The third-order valence-electron chi connectivity index (χ3n) is 2.42. The molecule has 0 fully saturated rings. The van der Waals surface area contributed by atoms with Crippen LogP contribution in [-0.2, 0) is 4.79 Å². The van der Waals surface area contributed by atoms with Gasteiger partial charge in [0.15, 0.2) is 0 Å². The summed E-state index contributed by atoms with van der Waals surface area (Å²) in [5.41, 5.74) is 0. The van der Waals surface area contributed by atoms with Crippen molar-refractivity contribution in [3.05, 3.63) is 34.3 Å². The molecule has 0 aliphatic heterocycles. The average molecular weight is 318 g/mol. The fourth-order valence-electron chi connectivity index (χ4n) is 1.35. The number of carbonyl (C=O) groups is 1. The van der Waals surface area contributed by atoms with Gasteiger partial charge in [-0.05, 0) is 31.4 Å². The minimum atomic E-state index is -0.876. The van der Waals surface area contributed by atoms with E-state index in [1.807, 2.05) is 18.2 Å². The number of carboxylic acids is 1. The lowest BCUT2D eigenvalue weighted by atomic mass is 10.00. The molecule has 0 saturated carbocycles. The molecule has 0 bridgehead atoms. The van der Waals surface area contributed by atoms with Crippen molar-refractivity contribution < 1.29 is 15.0 Å². The fourth-order valence-corrected chi connectivity index (χ4v) is 1.62. The lowest BCUT2D eigenvalue weighted by Gasteiger charge is -2.04. The van der Waals surface area contributed by atoms with Gasteiger partial charge < -0.3 is 10.2 Å². The molecule has 1 aromatic rings. The smallest absolute Gasteiger partial charge is 0.303 e. The van der Waals surface area contributed by atoms with Crippen LogP contribution >= 0.6 is 23.2 Å². The zero-order valence-corrected chi connectivity index (χ0v) is 12.4. The van der Waals surface area contributed by atoms with Crippen LogP contribution in [0, 0.1) is 17.2 Å². The zero-order valence-electron chi connectivity index (χ0n) is 10.9. The summed E-state index contributed by atoms with van der Waals surface area (Å²) >= 11 is 11.2. The summed E-state index contributed by atoms with van der Waals surface area (Å²) in [5.74, 6) is -1.10. The molecule has 0 saturated heterocycles. The van der Waals surface area contributed by atoms with Gasteiger partial charge in [0.05, 0.1) is 16.1 Å². The van der Waals surface area contributed by atoms with Crippen molar-refractivity contribution in [1.29, 1.82) is 5.26 Å². The van der Waals surface area contributed by atoms with Crippen molar-refractivity contribution in [2.24, 2.45) is 5.92 Å². The van der Waals surface area contributed by atoms with Crippen molar-refractivity contribution in [3.8, 4) is 6.07 Å². The third kappa shape index (κ3) is 9.62. The van der Waals surface area contributed by atoms with Gasteiger partial charge in [-0.2, -0.15) is 5.26 Å². The number of aliphatic hydroxyl groups excluding tert-OH is 1. The Bertz CT molecular complexity index is 425. The summed E-state index contributed by atoms with van der Waals surface area (Å²) in [6.45, 7) is 0.0608. The Kier molecular flexibility index (Phi) is 10.8.